The van der Waals surface area contributed by atoms with E-state index in [1.54, 1.807) is 27.7 Å². The van der Waals surface area contributed by atoms with E-state index in [2.05, 4.69) is 10.6 Å². The summed E-state index contributed by atoms with van der Waals surface area (Å²) in [6, 6.07) is -2.77. The monoisotopic (exact) mass is 539 g/mol. The second kappa shape index (κ2) is 11.7. The lowest BCUT2D eigenvalue weighted by Crippen LogP contribution is -2.57. The Bertz CT molecular complexity index is 1100. The van der Waals surface area contributed by atoms with E-state index >= 15 is 0 Å². The van der Waals surface area contributed by atoms with Crippen LogP contribution >= 0.6 is 0 Å². The molecule has 5 unspecified atom stereocenters. The van der Waals surface area contributed by atoms with E-state index in [1.807, 2.05) is 0 Å². The molecule has 1 aliphatic carbocycles. The number of nitrogens with one attached hydrogen (secondary N) is 2. The number of nitrogens with zero attached hydrogens (tertiary/aromatic N) is 1. The highest BCUT2D eigenvalue weighted by molar-refractivity contribution is 5.91. The zero-order valence-corrected chi connectivity index (χ0v) is 22.0. The van der Waals surface area contributed by atoms with Crippen LogP contribution in [-0.4, -0.2) is 58.7 Å². The van der Waals surface area contributed by atoms with Gasteiger partial charge < -0.3 is 27.0 Å². The van der Waals surface area contributed by atoms with Crippen LogP contribution in [0.4, 0.5) is 13.2 Å². The van der Waals surface area contributed by atoms with E-state index in [4.69, 9.17) is 11.5 Å². The quantitative estimate of drug-likeness (QED) is 0.311. The smallest absolute Gasteiger partial charge is 0.243 e. The van der Waals surface area contributed by atoms with Crippen molar-refractivity contribution in [2.75, 3.05) is 0 Å². The number of fused-ring (bicyclic) bond motifs is 1. The summed E-state index contributed by atoms with van der Waals surface area (Å²) < 4.78 is 41.8. The lowest BCUT2D eigenvalue weighted by Gasteiger charge is -2.30. The van der Waals surface area contributed by atoms with Gasteiger partial charge in [0.2, 0.25) is 23.6 Å². The summed E-state index contributed by atoms with van der Waals surface area (Å²) in [6.07, 6.45) is 0.509. The average molecular weight is 540 g/mol. The summed E-state index contributed by atoms with van der Waals surface area (Å²) >= 11 is 0. The first-order valence-corrected chi connectivity index (χ1v) is 12.8. The summed E-state index contributed by atoms with van der Waals surface area (Å²) in [4.78, 5) is 52.4. The van der Waals surface area contributed by atoms with Crippen LogP contribution in [0.1, 0.15) is 52.5 Å². The summed E-state index contributed by atoms with van der Waals surface area (Å²) in [5.74, 6) is -6.35. The van der Waals surface area contributed by atoms with Crippen LogP contribution in [0.25, 0.3) is 0 Å². The number of nitrogens with two attached hydrogens (primary N) is 2. The molecule has 0 bridgehead atoms. The lowest BCUT2D eigenvalue weighted by molar-refractivity contribution is -0.139. The van der Waals surface area contributed by atoms with E-state index in [0.717, 1.165) is 6.42 Å². The molecule has 12 heteroatoms. The number of primary amides is 1. The maximum atomic E-state index is 14.5. The maximum Gasteiger partial charge on any atom is 0.243 e. The molecule has 1 heterocycles. The van der Waals surface area contributed by atoms with Crippen molar-refractivity contribution in [2.45, 2.75) is 83.6 Å². The van der Waals surface area contributed by atoms with Crippen LogP contribution < -0.4 is 22.1 Å². The second-order valence-corrected chi connectivity index (χ2v) is 11.0. The van der Waals surface area contributed by atoms with Gasteiger partial charge in [-0.2, -0.15) is 0 Å². The third kappa shape index (κ3) is 6.64. The Hall–Kier alpha value is -3.15. The molecule has 2 fully saturated rings. The fourth-order valence-electron chi connectivity index (χ4n) is 4.92. The number of piperidine rings is 1. The molecule has 0 spiro atoms. The van der Waals surface area contributed by atoms with Crippen molar-refractivity contribution in [1.82, 2.24) is 15.5 Å². The Balaban J connectivity index is 1.83. The van der Waals surface area contributed by atoms with Gasteiger partial charge in [-0.3, -0.25) is 19.2 Å². The average Bonchev–Trinajstić information content (AvgIpc) is 3.48. The predicted molar refractivity (Wildman–Crippen MR) is 132 cm³/mol. The molecule has 4 amide bonds. The third-order valence-corrected chi connectivity index (χ3v) is 7.31. The molecule has 6 atom stereocenters. The first kappa shape index (κ1) is 29.4. The Morgan fingerprint density at radius 1 is 0.947 bits per heavy atom. The van der Waals surface area contributed by atoms with E-state index in [0.29, 0.717) is 18.6 Å². The largest absolute Gasteiger partial charge is 0.368 e. The molecular formula is C26H36F3N5O4. The molecule has 1 aromatic rings. The van der Waals surface area contributed by atoms with E-state index < -0.39 is 65.2 Å². The zero-order chi connectivity index (χ0) is 28.5. The number of benzene rings is 1. The highest BCUT2D eigenvalue weighted by Gasteiger charge is 2.55. The van der Waals surface area contributed by atoms with E-state index in [1.165, 1.54) is 4.90 Å². The fraction of sp³-hybridized carbons (Fsp3) is 0.615. The zero-order valence-electron chi connectivity index (χ0n) is 22.0. The molecule has 1 saturated heterocycles. The molecule has 6 N–H and O–H groups in total. The van der Waals surface area contributed by atoms with Gasteiger partial charge in [-0.1, -0.05) is 27.7 Å². The second-order valence-electron chi connectivity index (χ2n) is 11.0. The van der Waals surface area contributed by atoms with Gasteiger partial charge in [0.15, 0.2) is 11.6 Å². The predicted octanol–water partition coefficient (Wildman–Crippen LogP) is 1.12. The molecule has 1 aromatic carbocycles. The normalized spacial score (nSPS) is 22.6. The number of likely N-dealkylation sites (tertiary alicyclic amines) is 1. The van der Waals surface area contributed by atoms with Crippen molar-refractivity contribution in [2.24, 2.45) is 29.2 Å². The minimum Gasteiger partial charge on any atom is -0.368 e. The highest BCUT2D eigenvalue weighted by Crippen LogP contribution is 2.48. The highest BCUT2D eigenvalue weighted by atomic mass is 19.2. The summed E-state index contributed by atoms with van der Waals surface area (Å²) in [5.41, 5.74) is 11.1. The minimum absolute atomic E-state index is 0.128. The molecule has 3 rings (SSSR count). The van der Waals surface area contributed by atoms with Crippen LogP contribution in [0.2, 0.25) is 0 Å². The van der Waals surface area contributed by atoms with Gasteiger partial charge in [-0.25, -0.2) is 13.2 Å². The van der Waals surface area contributed by atoms with Gasteiger partial charge in [0.25, 0.3) is 0 Å². The van der Waals surface area contributed by atoms with Gasteiger partial charge in [-0.15, -0.1) is 0 Å². The van der Waals surface area contributed by atoms with Gasteiger partial charge in [-0.05, 0) is 48.6 Å². The topological polar surface area (TPSA) is 148 Å². The first-order valence-electron chi connectivity index (χ1n) is 12.8. The number of rotatable bonds is 11. The van der Waals surface area contributed by atoms with Crippen LogP contribution in [0.15, 0.2) is 12.1 Å². The Morgan fingerprint density at radius 2 is 1.58 bits per heavy atom. The lowest BCUT2D eigenvalue weighted by atomic mass is 9.98. The molecule has 0 aromatic heterocycles. The number of carbonyl (C=O) groups is 4. The number of halogens is 3. The Kier molecular flexibility index (Phi) is 9.06. The van der Waals surface area contributed by atoms with E-state index in [-0.39, 0.29) is 42.2 Å². The van der Waals surface area contributed by atoms with Crippen molar-refractivity contribution in [3.8, 4) is 0 Å². The van der Waals surface area contributed by atoms with Crippen molar-refractivity contribution < 1.29 is 32.3 Å². The molecule has 0 radical (unpaired) electrons. The first-order chi connectivity index (χ1) is 17.7. The summed E-state index contributed by atoms with van der Waals surface area (Å²) in [5, 5.41) is 5.29. The number of hydrogen-bond donors (Lipinski definition) is 4. The molecule has 38 heavy (non-hydrogen) atoms. The standard InChI is InChI=1S/C26H36F3N5O4/c1-11(2)22(30)25(37)33-23(12(3)4)26(38)32-15(5-13-6-17(28)18(29)10-16(13)27)9-21(35)34-19-7-14(19)8-20(34)24(31)36/h6,10-12,14-15,19-20,22-23H,5,7-9,30H2,1-4H3,(H2,31,36)(H,32,38)(H,33,37)/t14?,15-,19?,20?,22?,23?/m1/s1. The molecule has 2 aliphatic rings. The van der Waals surface area contributed by atoms with Crippen LogP contribution in [-0.2, 0) is 25.6 Å². The van der Waals surface area contributed by atoms with Crippen molar-refractivity contribution in [1.29, 1.82) is 0 Å². The van der Waals surface area contributed by atoms with Crippen molar-refractivity contribution >= 4 is 23.6 Å². The number of amides is 4. The summed E-state index contributed by atoms with van der Waals surface area (Å²) in [7, 11) is 0. The summed E-state index contributed by atoms with van der Waals surface area (Å²) in [6.45, 7) is 6.93. The molecule has 210 valence electrons. The molecule has 1 aliphatic heterocycles. The van der Waals surface area contributed by atoms with Gasteiger partial charge in [0.1, 0.15) is 17.9 Å². The number of hydrogen-bond acceptors (Lipinski definition) is 5. The van der Waals surface area contributed by atoms with Crippen LogP contribution in [0, 0.1) is 35.2 Å². The molecule has 1 saturated carbocycles. The third-order valence-electron chi connectivity index (χ3n) is 7.31. The van der Waals surface area contributed by atoms with Crippen molar-refractivity contribution in [3.05, 3.63) is 35.1 Å². The van der Waals surface area contributed by atoms with E-state index in [9.17, 15) is 32.3 Å². The van der Waals surface area contributed by atoms with Gasteiger partial charge in [0, 0.05) is 24.6 Å². The van der Waals surface area contributed by atoms with Gasteiger partial charge in [0.05, 0.1) is 6.04 Å². The maximum absolute atomic E-state index is 14.5. The Labute approximate surface area is 219 Å². The minimum atomic E-state index is -1.37. The van der Waals surface area contributed by atoms with Crippen molar-refractivity contribution in [3.63, 3.8) is 0 Å². The van der Waals surface area contributed by atoms with Crippen LogP contribution in [0.5, 0.6) is 0 Å². The van der Waals surface area contributed by atoms with Crippen LogP contribution in [0.3, 0.4) is 0 Å². The number of carbonyl (C=O) groups excluding carboxylic acids is 4. The fourth-order valence-corrected chi connectivity index (χ4v) is 4.92. The SMILES string of the molecule is CC(C)C(N)C(=O)NC(C(=O)N[C@@H](CC(=O)N1C(C(N)=O)CC2CC21)Cc1cc(F)c(F)cc1F)C(C)C. The molecular weight excluding hydrogens is 503 g/mol. The molecule has 9 nitrogen and oxygen atoms in total. The Morgan fingerprint density at radius 3 is 2.16 bits per heavy atom. The van der Waals surface area contributed by atoms with Gasteiger partial charge >= 0.3 is 0 Å².